The minimum absolute atomic E-state index is 0.0802. The van der Waals surface area contributed by atoms with Gasteiger partial charge in [0.25, 0.3) is 6.43 Å². The van der Waals surface area contributed by atoms with Crippen LogP contribution in [0.2, 0.25) is 0 Å². The molecule has 1 aliphatic rings. The number of hydrogen-bond acceptors (Lipinski definition) is 2. The van der Waals surface area contributed by atoms with E-state index in [4.69, 9.17) is 4.74 Å². The molecule has 0 amide bonds. The van der Waals surface area contributed by atoms with Crippen molar-refractivity contribution in [1.29, 1.82) is 0 Å². The summed E-state index contributed by atoms with van der Waals surface area (Å²) >= 11 is 0. The van der Waals surface area contributed by atoms with E-state index >= 15 is 0 Å². The van der Waals surface area contributed by atoms with Crippen LogP contribution in [0.3, 0.4) is 0 Å². The fourth-order valence-corrected chi connectivity index (χ4v) is 2.23. The van der Waals surface area contributed by atoms with Crippen LogP contribution in [0.5, 0.6) is 0 Å². The van der Waals surface area contributed by atoms with E-state index in [1.807, 2.05) is 0 Å². The molecule has 1 saturated heterocycles. The Labute approximate surface area is 106 Å². The number of ether oxygens (including phenoxy) is 1. The van der Waals surface area contributed by atoms with Gasteiger partial charge in [-0.15, -0.1) is 0 Å². The highest BCUT2D eigenvalue weighted by atomic mass is 19.3. The molecule has 0 radical (unpaired) electrons. The fraction of sp³-hybridized carbons (Fsp3) is 0.571. The highest BCUT2D eigenvalue weighted by Gasteiger charge is 2.23. The standard InChI is InChI=1S/C14H19F2NO/c1-10-13(6-7-18-10)9-17-8-11-2-4-12(5-3-11)14(15)16/h2-5,10,13-14,17H,6-9H2,1H3. The van der Waals surface area contributed by atoms with Crippen LogP contribution in [0.15, 0.2) is 24.3 Å². The SMILES string of the molecule is CC1OCCC1CNCc1ccc(C(F)F)cc1. The van der Waals surface area contributed by atoms with Crippen molar-refractivity contribution in [2.75, 3.05) is 13.2 Å². The second-order valence-corrected chi connectivity index (χ2v) is 4.80. The molecule has 1 N–H and O–H groups in total. The number of benzene rings is 1. The van der Waals surface area contributed by atoms with Crippen molar-refractivity contribution in [2.24, 2.45) is 5.92 Å². The Morgan fingerprint density at radius 1 is 1.33 bits per heavy atom. The summed E-state index contributed by atoms with van der Waals surface area (Å²) in [4.78, 5) is 0. The second-order valence-electron chi connectivity index (χ2n) is 4.80. The van der Waals surface area contributed by atoms with Gasteiger partial charge in [-0.3, -0.25) is 0 Å². The zero-order valence-electron chi connectivity index (χ0n) is 10.5. The summed E-state index contributed by atoms with van der Waals surface area (Å²) in [7, 11) is 0. The third-order valence-corrected chi connectivity index (χ3v) is 3.50. The quantitative estimate of drug-likeness (QED) is 0.872. The molecular weight excluding hydrogens is 236 g/mol. The van der Waals surface area contributed by atoms with Crippen molar-refractivity contribution in [3.63, 3.8) is 0 Å². The third-order valence-electron chi connectivity index (χ3n) is 3.50. The van der Waals surface area contributed by atoms with Crippen LogP contribution in [0, 0.1) is 5.92 Å². The summed E-state index contributed by atoms with van der Waals surface area (Å²) < 4.78 is 30.2. The van der Waals surface area contributed by atoms with E-state index in [-0.39, 0.29) is 5.56 Å². The first-order valence-corrected chi connectivity index (χ1v) is 6.36. The molecule has 1 aliphatic heterocycles. The third kappa shape index (κ3) is 3.50. The van der Waals surface area contributed by atoms with Gasteiger partial charge in [0, 0.05) is 25.3 Å². The summed E-state index contributed by atoms with van der Waals surface area (Å²) in [6.07, 6.45) is -0.972. The lowest BCUT2D eigenvalue weighted by atomic mass is 10.0. The molecule has 2 nitrogen and oxygen atoms in total. The highest BCUT2D eigenvalue weighted by Crippen LogP contribution is 2.20. The van der Waals surface area contributed by atoms with Crippen molar-refractivity contribution >= 4 is 0 Å². The largest absolute Gasteiger partial charge is 0.378 e. The molecule has 0 aromatic heterocycles. The van der Waals surface area contributed by atoms with Crippen LogP contribution in [-0.2, 0) is 11.3 Å². The van der Waals surface area contributed by atoms with Crippen molar-refractivity contribution in [1.82, 2.24) is 5.32 Å². The molecule has 0 bridgehead atoms. The predicted octanol–water partition coefficient (Wildman–Crippen LogP) is 3.14. The summed E-state index contributed by atoms with van der Waals surface area (Å²) in [6.45, 7) is 4.57. The topological polar surface area (TPSA) is 21.3 Å². The molecule has 0 saturated carbocycles. The Balaban J connectivity index is 1.76. The summed E-state index contributed by atoms with van der Waals surface area (Å²) in [5.74, 6) is 0.560. The van der Waals surface area contributed by atoms with Gasteiger partial charge in [0.15, 0.2) is 0 Å². The van der Waals surface area contributed by atoms with Crippen molar-refractivity contribution in [3.8, 4) is 0 Å². The van der Waals surface area contributed by atoms with Gasteiger partial charge >= 0.3 is 0 Å². The lowest BCUT2D eigenvalue weighted by Gasteiger charge is -2.14. The maximum absolute atomic E-state index is 12.4. The molecule has 18 heavy (non-hydrogen) atoms. The molecule has 0 aliphatic carbocycles. The second kappa shape index (κ2) is 6.25. The molecule has 2 unspecified atom stereocenters. The molecular formula is C14H19F2NO. The molecule has 0 spiro atoms. The van der Waals surface area contributed by atoms with Gasteiger partial charge in [-0.2, -0.15) is 0 Å². The van der Waals surface area contributed by atoms with Crippen LogP contribution in [0.1, 0.15) is 30.9 Å². The molecule has 2 atom stereocenters. The zero-order valence-corrected chi connectivity index (χ0v) is 10.5. The molecule has 4 heteroatoms. The summed E-state index contributed by atoms with van der Waals surface area (Å²) in [5.41, 5.74) is 1.11. The fourth-order valence-electron chi connectivity index (χ4n) is 2.23. The van der Waals surface area contributed by atoms with Gasteiger partial charge in [0.1, 0.15) is 0 Å². The Morgan fingerprint density at radius 2 is 2.06 bits per heavy atom. The Bertz CT molecular complexity index is 367. The van der Waals surface area contributed by atoms with E-state index in [0.29, 0.717) is 18.6 Å². The Morgan fingerprint density at radius 3 is 2.61 bits per heavy atom. The Kier molecular flexibility index (Phi) is 4.66. The molecule has 1 heterocycles. The van der Waals surface area contributed by atoms with Crippen molar-refractivity contribution in [3.05, 3.63) is 35.4 Å². The number of alkyl halides is 2. The lowest BCUT2D eigenvalue weighted by molar-refractivity contribution is 0.105. The monoisotopic (exact) mass is 255 g/mol. The van der Waals surface area contributed by atoms with Gasteiger partial charge in [-0.25, -0.2) is 8.78 Å². The normalized spacial score (nSPS) is 23.8. The molecule has 1 aromatic carbocycles. The van der Waals surface area contributed by atoms with Gasteiger partial charge < -0.3 is 10.1 Å². The minimum Gasteiger partial charge on any atom is -0.378 e. The minimum atomic E-state index is -2.39. The first-order chi connectivity index (χ1) is 8.66. The van der Waals surface area contributed by atoms with Crippen molar-refractivity contribution < 1.29 is 13.5 Å². The number of hydrogen-bond donors (Lipinski definition) is 1. The number of halogens is 2. The first-order valence-electron chi connectivity index (χ1n) is 6.36. The summed E-state index contributed by atoms with van der Waals surface area (Å²) in [6, 6.07) is 6.48. The predicted molar refractivity (Wildman–Crippen MR) is 66.6 cm³/mol. The molecule has 1 aromatic rings. The van der Waals surface area contributed by atoms with Crippen LogP contribution < -0.4 is 5.32 Å². The van der Waals surface area contributed by atoms with Crippen LogP contribution >= 0.6 is 0 Å². The Hall–Kier alpha value is -1.00. The van der Waals surface area contributed by atoms with E-state index < -0.39 is 6.43 Å². The summed E-state index contributed by atoms with van der Waals surface area (Å²) in [5, 5.41) is 3.36. The average molecular weight is 255 g/mol. The highest BCUT2D eigenvalue weighted by molar-refractivity contribution is 5.23. The lowest BCUT2D eigenvalue weighted by Crippen LogP contribution is -2.26. The molecule has 1 fully saturated rings. The number of nitrogens with one attached hydrogen (secondary N) is 1. The van der Waals surface area contributed by atoms with Gasteiger partial charge in [0.05, 0.1) is 6.10 Å². The van der Waals surface area contributed by atoms with Gasteiger partial charge in [-0.1, -0.05) is 24.3 Å². The van der Waals surface area contributed by atoms with E-state index in [2.05, 4.69) is 12.2 Å². The average Bonchev–Trinajstić information content (AvgIpc) is 2.76. The van der Waals surface area contributed by atoms with Crippen LogP contribution in [-0.4, -0.2) is 19.3 Å². The van der Waals surface area contributed by atoms with Crippen LogP contribution in [0.4, 0.5) is 8.78 Å². The van der Waals surface area contributed by atoms with Gasteiger partial charge in [-0.05, 0) is 24.8 Å². The molecule has 100 valence electrons. The van der Waals surface area contributed by atoms with E-state index in [1.54, 1.807) is 12.1 Å². The number of rotatable bonds is 5. The maximum atomic E-state index is 12.4. The van der Waals surface area contributed by atoms with E-state index in [9.17, 15) is 8.78 Å². The first kappa shape index (κ1) is 13.4. The van der Waals surface area contributed by atoms with Crippen molar-refractivity contribution in [2.45, 2.75) is 32.4 Å². The zero-order chi connectivity index (χ0) is 13.0. The maximum Gasteiger partial charge on any atom is 0.263 e. The van der Waals surface area contributed by atoms with E-state index in [1.165, 1.54) is 12.1 Å². The van der Waals surface area contributed by atoms with E-state index in [0.717, 1.165) is 25.1 Å². The van der Waals surface area contributed by atoms with Crippen LogP contribution in [0.25, 0.3) is 0 Å². The van der Waals surface area contributed by atoms with Gasteiger partial charge in [0.2, 0.25) is 0 Å². The molecule has 2 rings (SSSR count). The smallest absolute Gasteiger partial charge is 0.263 e.